The van der Waals surface area contributed by atoms with Crippen LogP contribution in [0.3, 0.4) is 0 Å². The normalized spacial score (nSPS) is 17.4. The zero-order chi connectivity index (χ0) is 23.4. The van der Waals surface area contributed by atoms with E-state index in [9.17, 15) is 9.59 Å². The lowest BCUT2D eigenvalue weighted by atomic mass is 9.96. The molecule has 0 aliphatic carbocycles. The van der Waals surface area contributed by atoms with Crippen molar-refractivity contribution in [2.75, 3.05) is 0 Å². The number of alkyl carbamates (subject to hydrolysis) is 1. The van der Waals surface area contributed by atoms with E-state index in [0.717, 1.165) is 46.9 Å². The molecule has 4 rings (SSSR count). The summed E-state index contributed by atoms with van der Waals surface area (Å²) >= 11 is 0. The second-order valence-corrected chi connectivity index (χ2v) is 8.26. The molecule has 3 aromatic rings. The van der Waals surface area contributed by atoms with Crippen LogP contribution >= 0.6 is 0 Å². The molecular weight excluding hydrogens is 420 g/mol. The van der Waals surface area contributed by atoms with E-state index in [1.807, 2.05) is 61.5 Å². The molecular formula is C26H26N2O5. The van der Waals surface area contributed by atoms with Gasteiger partial charge in [0, 0.05) is 24.4 Å². The number of carbonyl (C=O) groups is 2. The fourth-order valence-electron chi connectivity index (χ4n) is 3.76. The molecule has 2 heterocycles. The van der Waals surface area contributed by atoms with Gasteiger partial charge in [-0.1, -0.05) is 25.5 Å². The van der Waals surface area contributed by atoms with E-state index in [4.69, 9.17) is 14.2 Å². The number of ether oxygens (including phenoxy) is 3. The van der Waals surface area contributed by atoms with Crippen LogP contribution in [0.2, 0.25) is 0 Å². The summed E-state index contributed by atoms with van der Waals surface area (Å²) in [6.45, 7) is 5.63. The van der Waals surface area contributed by atoms with Crippen LogP contribution in [0.4, 0.5) is 4.79 Å². The minimum atomic E-state index is -1.23. The molecule has 2 aromatic carbocycles. The van der Waals surface area contributed by atoms with Crippen molar-refractivity contribution >= 4 is 12.0 Å². The van der Waals surface area contributed by atoms with Gasteiger partial charge < -0.3 is 14.2 Å². The number of rotatable bonds is 8. The molecule has 170 valence electrons. The largest absolute Gasteiger partial charge is 0.457 e. The molecule has 7 heteroatoms. The van der Waals surface area contributed by atoms with E-state index >= 15 is 0 Å². The smallest absolute Gasteiger partial charge is 0.415 e. The van der Waals surface area contributed by atoms with E-state index in [2.05, 4.69) is 17.2 Å². The number of amides is 2. The van der Waals surface area contributed by atoms with Crippen molar-refractivity contribution in [2.24, 2.45) is 0 Å². The molecule has 1 saturated heterocycles. The maximum absolute atomic E-state index is 12.1. The van der Waals surface area contributed by atoms with Crippen LogP contribution in [0.1, 0.15) is 37.1 Å². The summed E-state index contributed by atoms with van der Waals surface area (Å²) in [5, 5.41) is 2.18. The Bertz CT molecular complexity index is 1190. The molecule has 0 spiro atoms. The summed E-state index contributed by atoms with van der Waals surface area (Å²) in [5.74, 6) is 2.40. The van der Waals surface area contributed by atoms with Gasteiger partial charge >= 0.3 is 6.09 Å². The quantitative estimate of drug-likeness (QED) is 0.492. The predicted molar refractivity (Wildman–Crippen MR) is 123 cm³/mol. The van der Waals surface area contributed by atoms with Gasteiger partial charge in [-0.3, -0.25) is 15.1 Å². The first-order valence-electron chi connectivity index (χ1n) is 10.9. The minimum absolute atomic E-state index is 0.252. The maximum atomic E-state index is 12.1. The monoisotopic (exact) mass is 446 g/mol. The number of imide groups is 1. The van der Waals surface area contributed by atoms with Crippen LogP contribution in [-0.4, -0.2) is 22.6 Å². The van der Waals surface area contributed by atoms with Crippen LogP contribution in [0.15, 0.2) is 60.8 Å². The Morgan fingerprint density at radius 3 is 2.52 bits per heavy atom. The van der Waals surface area contributed by atoms with E-state index in [0.29, 0.717) is 5.75 Å². The van der Waals surface area contributed by atoms with Gasteiger partial charge in [0.15, 0.2) is 5.60 Å². The standard InChI is InChI=1S/C26H26N2O5/c1-4-6-19-15-21(31-22-11-12-27-17(2)13-22)9-10-23(19)32-20-8-5-7-18(14-20)16-26(3)24(29)28-25(30)33-26/h5,7-15H,4,6,16H2,1-3H3,(H,28,29,30)/t26-/m1/s1. The third kappa shape index (κ3) is 5.31. The number of aryl methyl sites for hydroxylation is 2. The highest BCUT2D eigenvalue weighted by molar-refractivity contribution is 6.02. The van der Waals surface area contributed by atoms with E-state index in [1.165, 1.54) is 0 Å². The molecule has 1 fully saturated rings. The lowest BCUT2D eigenvalue weighted by Gasteiger charge is -2.19. The number of aromatic nitrogens is 1. The average molecular weight is 447 g/mol. The van der Waals surface area contributed by atoms with Crippen LogP contribution in [0.25, 0.3) is 0 Å². The first-order chi connectivity index (χ1) is 15.8. The number of nitrogens with one attached hydrogen (secondary N) is 1. The second kappa shape index (κ2) is 9.32. The highest BCUT2D eigenvalue weighted by Crippen LogP contribution is 2.33. The number of cyclic esters (lactones) is 1. The average Bonchev–Trinajstić information content (AvgIpc) is 3.01. The highest BCUT2D eigenvalue weighted by atomic mass is 16.6. The summed E-state index contributed by atoms with van der Waals surface area (Å²) in [5.41, 5.74) is 1.51. The molecule has 0 unspecified atom stereocenters. The van der Waals surface area contributed by atoms with Gasteiger partial charge in [0.1, 0.15) is 23.0 Å². The summed E-state index contributed by atoms with van der Waals surface area (Å²) in [7, 11) is 0. The second-order valence-electron chi connectivity index (χ2n) is 8.26. The first-order valence-corrected chi connectivity index (χ1v) is 10.9. The van der Waals surface area contributed by atoms with Crippen molar-refractivity contribution in [2.45, 2.75) is 45.6 Å². The number of benzene rings is 2. The van der Waals surface area contributed by atoms with Crippen molar-refractivity contribution in [3.05, 3.63) is 77.6 Å². The number of carbonyl (C=O) groups excluding carboxylic acids is 2. The Morgan fingerprint density at radius 2 is 1.79 bits per heavy atom. The zero-order valence-corrected chi connectivity index (χ0v) is 18.9. The van der Waals surface area contributed by atoms with Gasteiger partial charge in [-0.2, -0.15) is 0 Å². The molecule has 2 amide bonds. The van der Waals surface area contributed by atoms with Gasteiger partial charge in [-0.15, -0.1) is 0 Å². The fourth-order valence-corrected chi connectivity index (χ4v) is 3.76. The highest BCUT2D eigenvalue weighted by Gasteiger charge is 2.44. The predicted octanol–water partition coefficient (Wildman–Crippen LogP) is 5.49. The van der Waals surface area contributed by atoms with Crippen LogP contribution in [0.5, 0.6) is 23.0 Å². The topological polar surface area (TPSA) is 86.8 Å². The van der Waals surface area contributed by atoms with Gasteiger partial charge in [0.2, 0.25) is 0 Å². The Morgan fingerprint density at radius 1 is 1.00 bits per heavy atom. The van der Waals surface area contributed by atoms with Gasteiger partial charge in [-0.05, 0) is 67.8 Å². The lowest BCUT2D eigenvalue weighted by molar-refractivity contribution is -0.129. The third-order valence-corrected chi connectivity index (χ3v) is 5.34. The van der Waals surface area contributed by atoms with Crippen LogP contribution in [0, 0.1) is 6.92 Å². The minimum Gasteiger partial charge on any atom is -0.457 e. The fraction of sp³-hybridized carbons (Fsp3) is 0.269. The molecule has 7 nitrogen and oxygen atoms in total. The number of nitrogens with zero attached hydrogens (tertiary/aromatic N) is 1. The van der Waals surface area contributed by atoms with Crippen LogP contribution < -0.4 is 14.8 Å². The SMILES string of the molecule is CCCc1cc(Oc2ccnc(C)c2)ccc1Oc1cccc(C[C@@]2(C)OC(=O)NC2=O)c1. The van der Waals surface area contributed by atoms with Crippen molar-refractivity contribution in [1.82, 2.24) is 10.3 Å². The lowest BCUT2D eigenvalue weighted by Crippen LogP contribution is -2.38. The third-order valence-electron chi connectivity index (χ3n) is 5.34. The van der Waals surface area contributed by atoms with Gasteiger partial charge in [-0.25, -0.2) is 4.79 Å². The molecule has 33 heavy (non-hydrogen) atoms. The van der Waals surface area contributed by atoms with Crippen molar-refractivity contribution < 1.29 is 23.8 Å². The summed E-state index contributed by atoms with van der Waals surface area (Å²) < 4.78 is 17.4. The molecule has 1 N–H and O–H groups in total. The Kier molecular flexibility index (Phi) is 6.31. The van der Waals surface area contributed by atoms with Crippen molar-refractivity contribution in [1.29, 1.82) is 0 Å². The Labute approximate surface area is 192 Å². The maximum Gasteiger partial charge on any atom is 0.415 e. The number of hydrogen-bond donors (Lipinski definition) is 1. The molecule has 0 saturated carbocycles. The summed E-state index contributed by atoms with van der Waals surface area (Å²) in [6, 6.07) is 16.9. The Balaban J connectivity index is 1.53. The molecule has 1 aliphatic rings. The first kappa shape index (κ1) is 22.3. The van der Waals surface area contributed by atoms with Gasteiger partial charge in [0.25, 0.3) is 5.91 Å². The van der Waals surface area contributed by atoms with E-state index in [1.54, 1.807) is 13.1 Å². The molecule has 0 bridgehead atoms. The zero-order valence-electron chi connectivity index (χ0n) is 18.9. The summed E-state index contributed by atoms with van der Waals surface area (Å²) in [6.07, 6.45) is 3.03. The summed E-state index contributed by atoms with van der Waals surface area (Å²) in [4.78, 5) is 27.7. The van der Waals surface area contributed by atoms with Crippen molar-refractivity contribution in [3.8, 4) is 23.0 Å². The molecule has 0 radical (unpaired) electrons. The Hall–Kier alpha value is -3.87. The van der Waals surface area contributed by atoms with Crippen LogP contribution in [-0.2, 0) is 22.4 Å². The molecule has 1 aromatic heterocycles. The van der Waals surface area contributed by atoms with Crippen molar-refractivity contribution in [3.63, 3.8) is 0 Å². The number of pyridine rings is 1. The molecule has 1 aliphatic heterocycles. The van der Waals surface area contributed by atoms with Gasteiger partial charge in [0.05, 0.1) is 0 Å². The molecule has 1 atom stereocenters. The van der Waals surface area contributed by atoms with E-state index in [-0.39, 0.29) is 6.42 Å². The van der Waals surface area contributed by atoms with E-state index < -0.39 is 17.6 Å². The number of hydrogen-bond acceptors (Lipinski definition) is 6.